The maximum atomic E-state index is 11.6. The molecule has 0 aromatic carbocycles. The highest BCUT2D eigenvalue weighted by Crippen LogP contribution is 2.42. The molecule has 2 aliphatic rings. The summed E-state index contributed by atoms with van der Waals surface area (Å²) in [5.41, 5.74) is 5.72. The number of aromatic nitrogens is 1. The second-order valence-electron chi connectivity index (χ2n) is 5.85. The number of carboxylic acid groups (broad SMARTS) is 1. The summed E-state index contributed by atoms with van der Waals surface area (Å²) in [7, 11) is 0. The molecule has 1 aliphatic heterocycles. The van der Waals surface area contributed by atoms with Gasteiger partial charge in [0.25, 0.3) is 5.91 Å². The fourth-order valence-corrected chi connectivity index (χ4v) is 3.78. The first-order chi connectivity index (χ1) is 10.1. The van der Waals surface area contributed by atoms with Crippen molar-refractivity contribution in [2.75, 3.05) is 4.90 Å². The van der Waals surface area contributed by atoms with Crippen LogP contribution in [0.15, 0.2) is 18.3 Å². The van der Waals surface area contributed by atoms with E-state index < -0.39 is 17.9 Å². The molecule has 1 saturated carbocycles. The zero-order chi connectivity index (χ0) is 15.0. The second kappa shape index (κ2) is 5.35. The van der Waals surface area contributed by atoms with E-state index in [0.717, 1.165) is 25.7 Å². The number of carboxylic acids is 1. The minimum absolute atomic E-state index is 0.146. The van der Waals surface area contributed by atoms with Gasteiger partial charge in [-0.15, -0.1) is 0 Å². The molecule has 1 aromatic heterocycles. The summed E-state index contributed by atoms with van der Waals surface area (Å²) in [5.74, 6) is -0.638. The normalized spacial score (nSPS) is 28.2. The third-order valence-corrected chi connectivity index (χ3v) is 4.67. The van der Waals surface area contributed by atoms with Crippen molar-refractivity contribution in [2.24, 2.45) is 11.7 Å². The van der Waals surface area contributed by atoms with Gasteiger partial charge in [0.2, 0.25) is 0 Å². The number of amides is 1. The molecule has 3 rings (SSSR count). The van der Waals surface area contributed by atoms with Crippen LogP contribution in [0.25, 0.3) is 0 Å². The van der Waals surface area contributed by atoms with Crippen LogP contribution in [0.5, 0.6) is 0 Å². The van der Waals surface area contributed by atoms with Crippen molar-refractivity contribution < 1.29 is 14.7 Å². The van der Waals surface area contributed by atoms with E-state index >= 15 is 0 Å². The molecule has 2 heterocycles. The van der Waals surface area contributed by atoms with E-state index in [1.165, 1.54) is 0 Å². The SMILES string of the molecule is NC(=O)c1cccnc1N1C(C(=O)O)CC2CCCCC21. The van der Waals surface area contributed by atoms with Gasteiger partial charge in [-0.05, 0) is 37.3 Å². The number of primary amides is 1. The molecule has 6 heteroatoms. The highest BCUT2D eigenvalue weighted by atomic mass is 16.4. The second-order valence-corrected chi connectivity index (χ2v) is 5.85. The van der Waals surface area contributed by atoms with E-state index in [4.69, 9.17) is 5.73 Å². The summed E-state index contributed by atoms with van der Waals surface area (Å²) in [6.45, 7) is 0. The molecule has 1 amide bonds. The van der Waals surface area contributed by atoms with Crippen molar-refractivity contribution in [3.63, 3.8) is 0 Å². The zero-order valence-corrected chi connectivity index (χ0v) is 11.7. The fourth-order valence-electron chi connectivity index (χ4n) is 3.78. The van der Waals surface area contributed by atoms with Gasteiger partial charge in [-0.1, -0.05) is 12.8 Å². The molecule has 2 fully saturated rings. The highest BCUT2D eigenvalue weighted by molar-refractivity contribution is 5.98. The summed E-state index contributed by atoms with van der Waals surface area (Å²) in [5, 5.41) is 9.54. The fraction of sp³-hybridized carbons (Fsp3) is 0.533. The van der Waals surface area contributed by atoms with E-state index in [1.807, 2.05) is 4.90 Å². The van der Waals surface area contributed by atoms with Crippen molar-refractivity contribution in [3.05, 3.63) is 23.9 Å². The Balaban J connectivity index is 2.04. The molecule has 112 valence electrons. The van der Waals surface area contributed by atoms with Crippen LogP contribution in [0.1, 0.15) is 42.5 Å². The monoisotopic (exact) mass is 289 g/mol. The first kappa shape index (κ1) is 13.9. The molecule has 3 N–H and O–H groups in total. The molecule has 0 bridgehead atoms. The number of nitrogens with zero attached hydrogens (tertiary/aromatic N) is 2. The van der Waals surface area contributed by atoms with Gasteiger partial charge in [-0.3, -0.25) is 4.79 Å². The number of nitrogens with two attached hydrogens (primary N) is 1. The summed E-state index contributed by atoms with van der Waals surface area (Å²) in [6, 6.07) is 2.78. The first-order valence-corrected chi connectivity index (χ1v) is 7.35. The number of pyridine rings is 1. The maximum Gasteiger partial charge on any atom is 0.326 e. The lowest BCUT2D eigenvalue weighted by Crippen LogP contribution is -2.44. The molecule has 1 aromatic rings. The molecular weight excluding hydrogens is 270 g/mol. The molecule has 3 unspecified atom stereocenters. The molecule has 1 aliphatic carbocycles. The zero-order valence-electron chi connectivity index (χ0n) is 11.7. The molecule has 1 saturated heterocycles. The maximum absolute atomic E-state index is 11.6. The van der Waals surface area contributed by atoms with Crippen molar-refractivity contribution in [1.82, 2.24) is 4.98 Å². The van der Waals surface area contributed by atoms with Crippen molar-refractivity contribution in [2.45, 2.75) is 44.2 Å². The van der Waals surface area contributed by atoms with Gasteiger partial charge < -0.3 is 15.7 Å². The van der Waals surface area contributed by atoms with E-state index in [0.29, 0.717) is 23.7 Å². The van der Waals surface area contributed by atoms with Gasteiger partial charge in [0.1, 0.15) is 11.9 Å². The Hall–Kier alpha value is -2.11. The lowest BCUT2D eigenvalue weighted by atomic mass is 9.84. The average molecular weight is 289 g/mol. The predicted molar refractivity (Wildman–Crippen MR) is 77.0 cm³/mol. The van der Waals surface area contributed by atoms with Crippen LogP contribution in [-0.4, -0.2) is 34.1 Å². The summed E-state index contributed by atoms with van der Waals surface area (Å²) < 4.78 is 0. The molecular formula is C15H19N3O3. The third-order valence-electron chi connectivity index (χ3n) is 4.67. The molecule has 0 spiro atoms. The van der Waals surface area contributed by atoms with Crippen LogP contribution < -0.4 is 10.6 Å². The Labute approximate surface area is 123 Å². The van der Waals surface area contributed by atoms with Gasteiger partial charge >= 0.3 is 5.97 Å². The minimum atomic E-state index is -0.856. The Morgan fingerprint density at radius 1 is 1.33 bits per heavy atom. The first-order valence-electron chi connectivity index (χ1n) is 7.35. The number of fused-ring (bicyclic) bond motifs is 1. The lowest BCUT2D eigenvalue weighted by Gasteiger charge is -2.34. The number of anilines is 1. The predicted octanol–water partition coefficient (Wildman–Crippen LogP) is 1.40. The van der Waals surface area contributed by atoms with Gasteiger partial charge in [0, 0.05) is 12.2 Å². The van der Waals surface area contributed by atoms with Crippen molar-refractivity contribution in [1.29, 1.82) is 0 Å². The van der Waals surface area contributed by atoms with E-state index in [1.54, 1.807) is 18.3 Å². The largest absolute Gasteiger partial charge is 0.480 e. The number of aliphatic carboxylic acids is 1. The smallest absolute Gasteiger partial charge is 0.326 e. The van der Waals surface area contributed by atoms with E-state index in [2.05, 4.69) is 4.98 Å². The summed E-state index contributed by atoms with van der Waals surface area (Å²) >= 11 is 0. The molecule has 0 radical (unpaired) electrons. The van der Waals surface area contributed by atoms with E-state index in [9.17, 15) is 14.7 Å². The summed E-state index contributed by atoms with van der Waals surface area (Å²) in [4.78, 5) is 29.3. The average Bonchev–Trinajstić information content (AvgIpc) is 2.86. The molecule has 21 heavy (non-hydrogen) atoms. The Morgan fingerprint density at radius 2 is 2.10 bits per heavy atom. The summed E-state index contributed by atoms with van der Waals surface area (Å²) in [6.07, 6.45) is 6.42. The van der Waals surface area contributed by atoms with Crippen LogP contribution in [-0.2, 0) is 4.79 Å². The van der Waals surface area contributed by atoms with Gasteiger partial charge in [0.05, 0.1) is 5.56 Å². The lowest BCUT2D eigenvalue weighted by molar-refractivity contribution is -0.138. The van der Waals surface area contributed by atoms with Crippen molar-refractivity contribution in [3.8, 4) is 0 Å². The Bertz CT molecular complexity index is 575. The quantitative estimate of drug-likeness (QED) is 0.876. The van der Waals surface area contributed by atoms with Gasteiger partial charge in [-0.25, -0.2) is 9.78 Å². The van der Waals surface area contributed by atoms with Crippen molar-refractivity contribution >= 4 is 17.7 Å². The third kappa shape index (κ3) is 2.34. The Morgan fingerprint density at radius 3 is 2.81 bits per heavy atom. The van der Waals surface area contributed by atoms with Gasteiger partial charge in [-0.2, -0.15) is 0 Å². The van der Waals surface area contributed by atoms with Crippen LogP contribution in [0.2, 0.25) is 0 Å². The Kier molecular flexibility index (Phi) is 3.53. The highest BCUT2D eigenvalue weighted by Gasteiger charge is 2.46. The molecule has 6 nitrogen and oxygen atoms in total. The number of hydrogen-bond donors (Lipinski definition) is 2. The van der Waals surface area contributed by atoms with Crippen LogP contribution in [0.4, 0.5) is 5.82 Å². The van der Waals surface area contributed by atoms with Crippen LogP contribution in [0, 0.1) is 5.92 Å². The topological polar surface area (TPSA) is 96.5 Å². The molecule has 3 atom stereocenters. The number of hydrogen-bond acceptors (Lipinski definition) is 4. The standard InChI is InChI=1S/C15H19N3O3/c16-13(19)10-5-3-7-17-14(10)18-11-6-2-1-4-9(11)8-12(18)15(20)21/h3,5,7,9,11-12H,1-2,4,6,8H2,(H2,16,19)(H,20,21). The van der Waals surface area contributed by atoms with Gasteiger partial charge in [0.15, 0.2) is 0 Å². The van der Waals surface area contributed by atoms with E-state index in [-0.39, 0.29) is 6.04 Å². The number of carbonyl (C=O) groups excluding carboxylic acids is 1. The number of rotatable bonds is 3. The number of carbonyl (C=O) groups is 2. The van der Waals surface area contributed by atoms with Crippen LogP contribution in [0.3, 0.4) is 0 Å². The minimum Gasteiger partial charge on any atom is -0.480 e. The van der Waals surface area contributed by atoms with Crippen LogP contribution >= 0.6 is 0 Å².